The third-order valence-corrected chi connectivity index (χ3v) is 4.59. The van der Waals surface area contributed by atoms with Crippen LogP contribution in [-0.2, 0) is 0 Å². The van der Waals surface area contributed by atoms with E-state index in [1.165, 1.54) is 12.5 Å². The highest BCUT2D eigenvalue weighted by molar-refractivity contribution is 6.05. The first kappa shape index (κ1) is 17.9. The summed E-state index contributed by atoms with van der Waals surface area (Å²) >= 11 is 0. The molecule has 3 N–H and O–H groups in total. The van der Waals surface area contributed by atoms with E-state index in [9.17, 15) is 9.59 Å². The Morgan fingerprint density at radius 3 is 2.57 bits per heavy atom. The molecule has 3 heterocycles. The summed E-state index contributed by atoms with van der Waals surface area (Å²) in [7, 11) is 0. The molecule has 9 nitrogen and oxygen atoms in total. The average Bonchev–Trinajstić information content (AvgIpc) is 3.41. The molecule has 4 rings (SSSR count). The van der Waals surface area contributed by atoms with Gasteiger partial charge in [0.05, 0.1) is 24.1 Å². The molecule has 0 saturated carbocycles. The molecule has 0 aliphatic carbocycles. The molecule has 1 fully saturated rings. The fourth-order valence-corrected chi connectivity index (χ4v) is 3.10. The molecule has 28 heavy (non-hydrogen) atoms. The van der Waals surface area contributed by atoms with Crippen molar-refractivity contribution < 1.29 is 14.0 Å². The Bertz CT molecular complexity index is 960. The molecule has 0 spiro atoms. The van der Waals surface area contributed by atoms with Gasteiger partial charge >= 0.3 is 0 Å². The summed E-state index contributed by atoms with van der Waals surface area (Å²) in [5.41, 5.74) is 1.78. The summed E-state index contributed by atoms with van der Waals surface area (Å²) < 4.78 is 6.67. The molecule has 1 aliphatic rings. The maximum absolute atomic E-state index is 12.5. The van der Waals surface area contributed by atoms with Crippen LogP contribution in [0.15, 0.2) is 53.5 Å². The summed E-state index contributed by atoms with van der Waals surface area (Å²) in [5.74, 6) is -0.638. The Balaban J connectivity index is 1.40. The molecule has 0 atom stereocenters. The largest absolute Gasteiger partial charge is 0.472 e. The van der Waals surface area contributed by atoms with Gasteiger partial charge < -0.3 is 20.4 Å². The minimum atomic E-state index is -0.349. The predicted octanol–water partition coefficient (Wildman–Crippen LogP) is 2.30. The van der Waals surface area contributed by atoms with E-state index in [4.69, 9.17) is 4.42 Å². The van der Waals surface area contributed by atoms with E-state index in [0.29, 0.717) is 16.9 Å². The third kappa shape index (κ3) is 4.09. The van der Waals surface area contributed by atoms with Crippen LogP contribution in [0.1, 0.15) is 39.7 Å². The van der Waals surface area contributed by atoms with Crippen molar-refractivity contribution in [1.29, 1.82) is 0 Å². The number of amides is 2. The number of aromatic nitrogens is 3. The first-order valence-electron chi connectivity index (χ1n) is 9.06. The number of anilines is 2. The van der Waals surface area contributed by atoms with Crippen molar-refractivity contribution in [1.82, 2.24) is 20.3 Å². The standard InChI is InChI=1S/C19H20N6O3/c26-18(13-6-9-28-12-13)21-14-2-1-3-15(10-14)22-19(27)17-11-25(24-23-17)16-4-7-20-8-5-16/h1-3,6,9-12,16,20H,4-5,7-8H2,(H,21,26)(H,22,27). The number of hydrogen-bond donors (Lipinski definition) is 3. The Hall–Kier alpha value is -3.46. The lowest BCUT2D eigenvalue weighted by Gasteiger charge is -2.22. The average molecular weight is 380 g/mol. The van der Waals surface area contributed by atoms with E-state index in [-0.39, 0.29) is 23.6 Å². The van der Waals surface area contributed by atoms with Crippen LogP contribution >= 0.6 is 0 Å². The van der Waals surface area contributed by atoms with Gasteiger partial charge in [0.2, 0.25) is 0 Å². The number of nitrogens with one attached hydrogen (secondary N) is 3. The van der Waals surface area contributed by atoms with Crippen LogP contribution in [0.5, 0.6) is 0 Å². The second-order valence-electron chi connectivity index (χ2n) is 6.57. The summed E-state index contributed by atoms with van der Waals surface area (Å²) in [5, 5.41) is 16.9. The lowest BCUT2D eigenvalue weighted by Crippen LogP contribution is -2.29. The summed E-state index contributed by atoms with van der Waals surface area (Å²) in [6, 6.07) is 8.73. The zero-order valence-corrected chi connectivity index (χ0v) is 15.1. The molecular weight excluding hydrogens is 360 g/mol. The van der Waals surface area contributed by atoms with Gasteiger partial charge in [0.15, 0.2) is 5.69 Å². The molecule has 1 saturated heterocycles. The zero-order valence-electron chi connectivity index (χ0n) is 15.1. The van der Waals surface area contributed by atoms with Gasteiger partial charge in [-0.1, -0.05) is 11.3 Å². The molecule has 1 aromatic carbocycles. The molecule has 0 bridgehead atoms. The van der Waals surface area contributed by atoms with Crippen LogP contribution in [0, 0.1) is 0 Å². The molecule has 3 aromatic rings. The van der Waals surface area contributed by atoms with E-state index in [0.717, 1.165) is 25.9 Å². The Labute approximate surface area is 161 Å². The van der Waals surface area contributed by atoms with Crippen LogP contribution in [0.25, 0.3) is 0 Å². The van der Waals surface area contributed by atoms with Crippen molar-refractivity contribution in [3.8, 4) is 0 Å². The van der Waals surface area contributed by atoms with Gasteiger partial charge in [-0.15, -0.1) is 5.10 Å². The SMILES string of the molecule is O=C(Nc1cccc(NC(=O)c2cn(C3CCNCC3)nn2)c1)c1ccoc1. The molecular formula is C19H20N6O3. The summed E-state index contributed by atoms with van der Waals surface area (Å²) in [4.78, 5) is 24.6. The van der Waals surface area contributed by atoms with Crippen molar-refractivity contribution in [3.63, 3.8) is 0 Å². The minimum absolute atomic E-state index is 0.256. The van der Waals surface area contributed by atoms with Crippen LogP contribution in [0.4, 0.5) is 11.4 Å². The smallest absolute Gasteiger partial charge is 0.277 e. The molecule has 1 aliphatic heterocycles. The van der Waals surface area contributed by atoms with E-state index in [2.05, 4.69) is 26.3 Å². The zero-order chi connectivity index (χ0) is 19.3. The van der Waals surface area contributed by atoms with Crippen molar-refractivity contribution in [2.75, 3.05) is 23.7 Å². The second-order valence-corrected chi connectivity index (χ2v) is 6.57. The van der Waals surface area contributed by atoms with Crippen LogP contribution in [0.2, 0.25) is 0 Å². The number of rotatable bonds is 5. The van der Waals surface area contributed by atoms with Gasteiger partial charge in [-0.05, 0) is 50.2 Å². The quantitative estimate of drug-likeness (QED) is 0.626. The maximum Gasteiger partial charge on any atom is 0.277 e. The Kier molecular flexibility index (Phi) is 5.16. The van der Waals surface area contributed by atoms with Gasteiger partial charge in [0.25, 0.3) is 11.8 Å². The highest BCUT2D eigenvalue weighted by atomic mass is 16.3. The van der Waals surface area contributed by atoms with Gasteiger partial charge in [-0.2, -0.15) is 0 Å². The number of nitrogens with zero attached hydrogens (tertiary/aromatic N) is 3. The number of piperidine rings is 1. The van der Waals surface area contributed by atoms with Gasteiger partial charge in [-0.3, -0.25) is 9.59 Å². The van der Waals surface area contributed by atoms with Gasteiger partial charge in [0, 0.05) is 11.4 Å². The number of carbonyl (C=O) groups is 2. The van der Waals surface area contributed by atoms with Gasteiger partial charge in [0.1, 0.15) is 6.26 Å². The minimum Gasteiger partial charge on any atom is -0.472 e. The fraction of sp³-hybridized carbons (Fsp3) is 0.263. The number of benzene rings is 1. The summed E-state index contributed by atoms with van der Waals surface area (Å²) in [6.07, 6.45) is 6.40. The topological polar surface area (TPSA) is 114 Å². The first-order chi connectivity index (χ1) is 13.7. The molecule has 9 heteroatoms. The number of carbonyl (C=O) groups excluding carboxylic acids is 2. The Morgan fingerprint density at radius 1 is 1.11 bits per heavy atom. The van der Waals surface area contributed by atoms with E-state index in [1.807, 2.05) is 0 Å². The fourth-order valence-electron chi connectivity index (χ4n) is 3.10. The number of furan rings is 1. The highest BCUT2D eigenvalue weighted by Gasteiger charge is 2.19. The molecule has 0 radical (unpaired) electrons. The molecule has 0 unspecified atom stereocenters. The Morgan fingerprint density at radius 2 is 1.86 bits per heavy atom. The van der Waals surface area contributed by atoms with E-state index < -0.39 is 0 Å². The lowest BCUT2D eigenvalue weighted by atomic mass is 10.1. The van der Waals surface area contributed by atoms with Crippen molar-refractivity contribution >= 4 is 23.2 Å². The van der Waals surface area contributed by atoms with Gasteiger partial charge in [-0.25, -0.2) is 4.68 Å². The second kappa shape index (κ2) is 8.05. The van der Waals surface area contributed by atoms with E-state index in [1.54, 1.807) is 41.2 Å². The normalized spacial score (nSPS) is 14.6. The monoisotopic (exact) mass is 380 g/mol. The van der Waals surface area contributed by atoms with Crippen molar-refractivity contribution in [2.24, 2.45) is 0 Å². The molecule has 144 valence electrons. The number of hydrogen-bond acceptors (Lipinski definition) is 6. The third-order valence-electron chi connectivity index (χ3n) is 4.59. The van der Waals surface area contributed by atoms with E-state index >= 15 is 0 Å². The molecule has 2 amide bonds. The van der Waals surface area contributed by atoms with Crippen LogP contribution in [-0.4, -0.2) is 39.9 Å². The molecule has 2 aromatic heterocycles. The predicted molar refractivity (Wildman–Crippen MR) is 102 cm³/mol. The highest BCUT2D eigenvalue weighted by Crippen LogP contribution is 2.19. The van der Waals surface area contributed by atoms with Crippen LogP contribution in [0.3, 0.4) is 0 Å². The van der Waals surface area contributed by atoms with Crippen molar-refractivity contribution in [2.45, 2.75) is 18.9 Å². The van der Waals surface area contributed by atoms with Crippen molar-refractivity contribution in [3.05, 3.63) is 60.3 Å². The lowest BCUT2D eigenvalue weighted by molar-refractivity contribution is 0.101. The van der Waals surface area contributed by atoms with Crippen LogP contribution < -0.4 is 16.0 Å². The summed E-state index contributed by atoms with van der Waals surface area (Å²) in [6.45, 7) is 1.87. The first-order valence-corrected chi connectivity index (χ1v) is 9.06. The maximum atomic E-state index is 12.5.